The van der Waals surface area contributed by atoms with E-state index in [0.717, 1.165) is 45.2 Å². The molecule has 1 aliphatic heterocycles. The predicted molar refractivity (Wildman–Crippen MR) is 83.3 cm³/mol. The molecule has 1 fully saturated rings. The summed E-state index contributed by atoms with van der Waals surface area (Å²) in [5.41, 5.74) is 0. The fraction of sp³-hybridized carbons (Fsp3) is 0.875. The van der Waals surface area contributed by atoms with E-state index in [-0.39, 0.29) is 12.5 Å². The summed E-state index contributed by atoms with van der Waals surface area (Å²) in [4.78, 5) is 24.6. The molecule has 5 heteroatoms. The summed E-state index contributed by atoms with van der Waals surface area (Å²) < 4.78 is 0. The van der Waals surface area contributed by atoms with Gasteiger partial charge in [0.05, 0.1) is 0 Å². The quantitative estimate of drug-likeness (QED) is 0.687. The number of rotatable bonds is 9. The number of amides is 2. The molecule has 1 saturated heterocycles. The number of likely N-dealkylation sites (tertiary alicyclic amines) is 1. The van der Waals surface area contributed by atoms with Crippen LogP contribution < -0.4 is 5.32 Å². The Morgan fingerprint density at radius 3 is 2.62 bits per heavy atom. The van der Waals surface area contributed by atoms with Gasteiger partial charge < -0.3 is 15.3 Å². The number of urea groups is 1. The topological polar surface area (TPSA) is 69.6 Å². The van der Waals surface area contributed by atoms with Crippen LogP contribution in [-0.2, 0) is 4.79 Å². The number of carboxylic acids is 1. The third-order valence-electron chi connectivity index (χ3n) is 4.44. The number of nitrogens with zero attached hydrogens (tertiary/aromatic N) is 1. The Balaban J connectivity index is 2.23. The molecule has 21 heavy (non-hydrogen) atoms. The summed E-state index contributed by atoms with van der Waals surface area (Å²) in [7, 11) is 0. The van der Waals surface area contributed by atoms with E-state index in [4.69, 9.17) is 5.11 Å². The molecule has 0 aromatic carbocycles. The molecule has 0 aromatic rings. The van der Waals surface area contributed by atoms with E-state index in [2.05, 4.69) is 19.2 Å². The Hall–Kier alpha value is -1.26. The van der Waals surface area contributed by atoms with Gasteiger partial charge in [0.15, 0.2) is 0 Å². The van der Waals surface area contributed by atoms with Crippen molar-refractivity contribution in [3.05, 3.63) is 0 Å². The van der Waals surface area contributed by atoms with Crippen molar-refractivity contribution in [3.63, 3.8) is 0 Å². The van der Waals surface area contributed by atoms with E-state index in [1.54, 1.807) is 0 Å². The van der Waals surface area contributed by atoms with E-state index in [1.807, 2.05) is 4.90 Å². The van der Waals surface area contributed by atoms with Crippen molar-refractivity contribution in [3.8, 4) is 0 Å². The van der Waals surface area contributed by atoms with Gasteiger partial charge in [-0.05, 0) is 31.1 Å². The lowest BCUT2D eigenvalue weighted by Gasteiger charge is -2.19. The van der Waals surface area contributed by atoms with E-state index in [0.29, 0.717) is 24.8 Å². The molecule has 2 amide bonds. The normalized spacial score (nSPS) is 19.5. The summed E-state index contributed by atoms with van der Waals surface area (Å²) in [6.45, 7) is 6.67. The number of carboxylic acid groups (broad SMARTS) is 1. The second kappa shape index (κ2) is 9.64. The van der Waals surface area contributed by atoms with Crippen LogP contribution in [0.4, 0.5) is 4.79 Å². The van der Waals surface area contributed by atoms with Crippen molar-refractivity contribution in [1.82, 2.24) is 10.2 Å². The highest BCUT2D eigenvalue weighted by Gasteiger charge is 2.24. The van der Waals surface area contributed by atoms with E-state index in [9.17, 15) is 9.59 Å². The number of nitrogens with one attached hydrogen (secondary N) is 1. The zero-order valence-corrected chi connectivity index (χ0v) is 13.4. The Kier molecular flexibility index (Phi) is 8.16. The molecule has 1 aliphatic rings. The van der Waals surface area contributed by atoms with Crippen molar-refractivity contribution in [1.29, 1.82) is 0 Å². The number of hydrogen-bond acceptors (Lipinski definition) is 2. The zero-order valence-electron chi connectivity index (χ0n) is 13.4. The highest BCUT2D eigenvalue weighted by atomic mass is 16.4. The van der Waals surface area contributed by atoms with Crippen LogP contribution in [0, 0.1) is 11.8 Å². The van der Waals surface area contributed by atoms with Crippen LogP contribution >= 0.6 is 0 Å². The van der Waals surface area contributed by atoms with Crippen molar-refractivity contribution >= 4 is 12.0 Å². The van der Waals surface area contributed by atoms with Crippen LogP contribution in [0.5, 0.6) is 0 Å². The lowest BCUT2D eigenvalue weighted by atomic mass is 9.94. The summed E-state index contributed by atoms with van der Waals surface area (Å²) >= 11 is 0. The maximum Gasteiger partial charge on any atom is 0.317 e. The molecule has 1 heterocycles. The van der Waals surface area contributed by atoms with Crippen molar-refractivity contribution < 1.29 is 14.7 Å². The first-order valence-corrected chi connectivity index (χ1v) is 8.31. The first-order chi connectivity index (χ1) is 10.1. The lowest BCUT2D eigenvalue weighted by molar-refractivity contribution is -0.137. The summed E-state index contributed by atoms with van der Waals surface area (Å²) in [5, 5.41) is 11.7. The van der Waals surface area contributed by atoms with Crippen molar-refractivity contribution in [2.45, 2.75) is 58.8 Å². The van der Waals surface area contributed by atoms with Crippen LogP contribution in [-0.4, -0.2) is 41.6 Å². The molecular formula is C16H30N2O3. The molecular weight excluding hydrogens is 268 g/mol. The maximum absolute atomic E-state index is 12.0. The Labute approximate surface area is 128 Å². The van der Waals surface area contributed by atoms with E-state index < -0.39 is 5.97 Å². The van der Waals surface area contributed by atoms with Crippen molar-refractivity contribution in [2.24, 2.45) is 11.8 Å². The molecule has 0 spiro atoms. The molecule has 5 nitrogen and oxygen atoms in total. The third kappa shape index (κ3) is 6.82. The van der Waals surface area contributed by atoms with Gasteiger partial charge in [0.1, 0.15) is 0 Å². The van der Waals surface area contributed by atoms with Crippen LogP contribution in [0.15, 0.2) is 0 Å². The fourth-order valence-corrected chi connectivity index (χ4v) is 3.01. The fourth-order valence-electron chi connectivity index (χ4n) is 3.01. The highest BCUT2D eigenvalue weighted by molar-refractivity contribution is 5.74. The Morgan fingerprint density at radius 1 is 1.29 bits per heavy atom. The van der Waals surface area contributed by atoms with Crippen LogP contribution in [0.1, 0.15) is 58.8 Å². The standard InChI is InChI=1S/C16H30N2O3/c1-3-5-14(6-7-15(19)20)8-10-17-16(21)18-11-9-13(4-2)12-18/h13-14H,3-12H2,1-2H3,(H,17,21)(H,19,20). The van der Waals surface area contributed by atoms with Gasteiger partial charge in [-0.3, -0.25) is 4.79 Å². The molecule has 0 saturated carbocycles. The van der Waals surface area contributed by atoms with Crippen LogP contribution in [0.25, 0.3) is 0 Å². The average Bonchev–Trinajstić information content (AvgIpc) is 2.93. The zero-order chi connectivity index (χ0) is 15.7. The molecule has 2 N–H and O–H groups in total. The third-order valence-corrected chi connectivity index (χ3v) is 4.44. The largest absolute Gasteiger partial charge is 0.481 e. The monoisotopic (exact) mass is 298 g/mol. The van der Waals surface area contributed by atoms with Crippen LogP contribution in [0.2, 0.25) is 0 Å². The SMILES string of the molecule is CCCC(CCNC(=O)N1CCC(CC)C1)CCC(=O)O. The van der Waals surface area contributed by atoms with Gasteiger partial charge in [-0.1, -0.05) is 33.1 Å². The molecule has 0 radical (unpaired) electrons. The van der Waals surface area contributed by atoms with Gasteiger partial charge in [-0.25, -0.2) is 4.79 Å². The van der Waals surface area contributed by atoms with Gasteiger partial charge in [0, 0.05) is 26.1 Å². The number of hydrogen-bond donors (Lipinski definition) is 2. The number of carbonyl (C=O) groups is 2. The first-order valence-electron chi connectivity index (χ1n) is 8.31. The summed E-state index contributed by atoms with van der Waals surface area (Å²) in [6, 6.07) is 0.0411. The predicted octanol–water partition coefficient (Wildman–Crippen LogP) is 3.10. The van der Waals surface area contributed by atoms with Gasteiger partial charge in [0.25, 0.3) is 0 Å². The molecule has 0 aliphatic carbocycles. The first kappa shape index (κ1) is 17.8. The van der Waals surface area contributed by atoms with Gasteiger partial charge >= 0.3 is 12.0 Å². The summed E-state index contributed by atoms with van der Waals surface area (Å²) in [5.74, 6) is 0.315. The highest BCUT2D eigenvalue weighted by Crippen LogP contribution is 2.19. The van der Waals surface area contributed by atoms with E-state index in [1.165, 1.54) is 0 Å². The Bertz CT molecular complexity index is 333. The second-order valence-electron chi connectivity index (χ2n) is 6.12. The average molecular weight is 298 g/mol. The van der Waals surface area contributed by atoms with Gasteiger partial charge in [-0.15, -0.1) is 0 Å². The summed E-state index contributed by atoms with van der Waals surface area (Å²) in [6.07, 6.45) is 6.15. The lowest BCUT2D eigenvalue weighted by Crippen LogP contribution is -2.39. The Morgan fingerprint density at radius 2 is 2.05 bits per heavy atom. The number of aliphatic carboxylic acids is 1. The minimum atomic E-state index is -0.734. The molecule has 122 valence electrons. The van der Waals surface area contributed by atoms with Gasteiger partial charge in [-0.2, -0.15) is 0 Å². The van der Waals surface area contributed by atoms with Gasteiger partial charge in [0.2, 0.25) is 0 Å². The van der Waals surface area contributed by atoms with Crippen LogP contribution in [0.3, 0.4) is 0 Å². The molecule has 0 aromatic heterocycles. The molecule has 0 bridgehead atoms. The minimum absolute atomic E-state index is 0.0411. The number of carbonyl (C=O) groups excluding carboxylic acids is 1. The molecule has 2 unspecified atom stereocenters. The second-order valence-corrected chi connectivity index (χ2v) is 6.12. The van der Waals surface area contributed by atoms with Crippen molar-refractivity contribution in [2.75, 3.05) is 19.6 Å². The molecule has 2 atom stereocenters. The molecule has 1 rings (SSSR count). The van der Waals surface area contributed by atoms with E-state index >= 15 is 0 Å². The minimum Gasteiger partial charge on any atom is -0.481 e. The smallest absolute Gasteiger partial charge is 0.317 e. The maximum atomic E-state index is 12.0.